The van der Waals surface area contributed by atoms with Crippen molar-refractivity contribution >= 4 is 39.3 Å². The first kappa shape index (κ1) is 26.2. The van der Waals surface area contributed by atoms with Gasteiger partial charge < -0.3 is 5.32 Å². The van der Waals surface area contributed by atoms with Crippen LogP contribution in [0.25, 0.3) is 0 Å². The number of sulfonamides is 1. The lowest BCUT2D eigenvalue weighted by Crippen LogP contribution is -2.51. The lowest BCUT2D eigenvalue weighted by molar-refractivity contribution is -0.109. The molecule has 0 unspecified atom stereocenters. The van der Waals surface area contributed by atoms with E-state index in [1.54, 1.807) is 13.0 Å². The third kappa shape index (κ3) is 6.49. The van der Waals surface area contributed by atoms with Crippen molar-refractivity contribution in [3.63, 3.8) is 0 Å². The number of allylic oxidation sites excluding steroid dienone is 3. The molecular weight excluding hydrogens is 453 g/mol. The summed E-state index contributed by atoms with van der Waals surface area (Å²) < 4.78 is 41.9. The van der Waals surface area contributed by atoms with Gasteiger partial charge in [0.2, 0.25) is 15.8 Å². The minimum atomic E-state index is -3.88. The fourth-order valence-electron chi connectivity index (χ4n) is 4.01. The van der Waals surface area contributed by atoms with Gasteiger partial charge in [-0.15, -0.1) is 0 Å². The molecular formula is C23H31ClFN3O3S. The molecule has 2 N–H and O–H groups in total. The summed E-state index contributed by atoms with van der Waals surface area (Å²) >= 11 is 6.17. The van der Waals surface area contributed by atoms with Crippen LogP contribution in [0.1, 0.15) is 44.7 Å². The number of halogens is 2. The van der Waals surface area contributed by atoms with Crippen LogP contribution < -0.4 is 10.0 Å². The highest BCUT2D eigenvalue weighted by atomic mass is 35.5. The van der Waals surface area contributed by atoms with Crippen LogP contribution in [0.2, 0.25) is 5.02 Å². The summed E-state index contributed by atoms with van der Waals surface area (Å²) in [6.45, 7) is 8.85. The fourth-order valence-corrected chi connectivity index (χ4v) is 5.56. The van der Waals surface area contributed by atoms with Gasteiger partial charge in [0, 0.05) is 18.6 Å². The van der Waals surface area contributed by atoms with Crippen molar-refractivity contribution in [3.8, 4) is 0 Å². The zero-order chi connectivity index (χ0) is 24.3. The van der Waals surface area contributed by atoms with Gasteiger partial charge in [-0.25, -0.2) is 17.5 Å². The maximum Gasteiger partial charge on any atom is 0.240 e. The first-order valence-electron chi connectivity index (χ1n) is 10.3. The normalized spacial score (nSPS) is 24.5. The number of aliphatic imine (C=N–C) groups is 1. The first-order valence-corrected chi connectivity index (χ1v) is 12.2. The average Bonchev–Trinajstić information content (AvgIpc) is 2.68. The molecule has 6 nitrogen and oxygen atoms in total. The monoisotopic (exact) mass is 483 g/mol. The van der Waals surface area contributed by atoms with Crippen molar-refractivity contribution in [1.29, 1.82) is 0 Å². The molecule has 0 amide bonds. The third-order valence-electron chi connectivity index (χ3n) is 5.62. The average molecular weight is 484 g/mol. The van der Waals surface area contributed by atoms with E-state index < -0.39 is 26.9 Å². The number of carbonyl (C=O) groups is 1. The zero-order valence-electron chi connectivity index (χ0n) is 19.3. The number of nitrogens with zero attached hydrogens (tertiary/aromatic N) is 1. The van der Waals surface area contributed by atoms with Gasteiger partial charge in [0.05, 0.1) is 22.5 Å². The van der Waals surface area contributed by atoms with Crippen molar-refractivity contribution in [1.82, 2.24) is 10.0 Å². The highest BCUT2D eigenvalue weighted by Crippen LogP contribution is 2.50. The third-order valence-corrected chi connectivity index (χ3v) is 7.51. The van der Waals surface area contributed by atoms with Gasteiger partial charge in [0.1, 0.15) is 5.67 Å². The number of ketones is 1. The minimum Gasteiger partial charge on any atom is -0.385 e. The molecule has 0 atom stereocenters. The molecule has 9 heteroatoms. The van der Waals surface area contributed by atoms with Crippen LogP contribution in [-0.2, 0) is 14.8 Å². The summed E-state index contributed by atoms with van der Waals surface area (Å²) in [5.74, 6) is -0.490. The van der Waals surface area contributed by atoms with Gasteiger partial charge in [-0.3, -0.25) is 9.79 Å². The van der Waals surface area contributed by atoms with E-state index in [0.717, 1.165) is 17.3 Å². The van der Waals surface area contributed by atoms with Crippen LogP contribution in [0.5, 0.6) is 0 Å². The zero-order valence-corrected chi connectivity index (χ0v) is 20.9. The quantitative estimate of drug-likeness (QED) is 0.303. The van der Waals surface area contributed by atoms with Gasteiger partial charge in [-0.05, 0) is 75.3 Å². The van der Waals surface area contributed by atoms with E-state index in [2.05, 4.69) is 15.0 Å². The number of aryl methyl sites for hydroxylation is 1. The van der Waals surface area contributed by atoms with E-state index in [0.29, 0.717) is 23.6 Å². The molecule has 1 fully saturated rings. The van der Waals surface area contributed by atoms with Gasteiger partial charge in [0.25, 0.3) is 0 Å². The number of likely N-dealkylation sites (N-methyl/N-ethyl adjacent to an activating group) is 1. The predicted octanol–water partition coefficient (Wildman–Crippen LogP) is 4.68. The number of Topliss-reactive ketones (excluding diaryl/α,β-unsaturated/α-hetero) is 1. The SMILES string of the molecule is C/C=C(\C=C(/NC)C(=O)C=Nc1cc(C)c(C)c(Cl)c1)S(=O)(=O)NCC1(C)CC(C)(F)C1. The molecule has 0 radical (unpaired) electrons. The highest BCUT2D eigenvalue weighted by molar-refractivity contribution is 7.93. The molecule has 0 spiro atoms. The van der Waals surface area contributed by atoms with Crippen molar-refractivity contribution in [2.45, 2.75) is 53.1 Å². The number of carbonyl (C=O) groups excluding carboxylic acids is 1. The largest absolute Gasteiger partial charge is 0.385 e. The van der Waals surface area contributed by atoms with E-state index in [1.165, 1.54) is 26.1 Å². The van der Waals surface area contributed by atoms with Gasteiger partial charge >= 0.3 is 0 Å². The Labute approximate surface area is 195 Å². The maximum absolute atomic E-state index is 13.8. The van der Waals surface area contributed by atoms with Crippen LogP contribution in [0.4, 0.5) is 10.1 Å². The van der Waals surface area contributed by atoms with Crippen LogP contribution in [0.15, 0.2) is 39.9 Å². The molecule has 1 aliphatic rings. The molecule has 0 bridgehead atoms. The smallest absolute Gasteiger partial charge is 0.240 e. The molecule has 1 aliphatic carbocycles. The number of rotatable bonds is 9. The van der Waals surface area contributed by atoms with E-state index in [-0.39, 0.29) is 17.1 Å². The molecule has 1 saturated carbocycles. The fraction of sp³-hybridized carbons (Fsp3) is 0.478. The minimum absolute atomic E-state index is 0.0633. The Balaban J connectivity index is 2.16. The summed E-state index contributed by atoms with van der Waals surface area (Å²) in [5.41, 5.74) is 0.790. The van der Waals surface area contributed by atoms with E-state index in [9.17, 15) is 17.6 Å². The Kier molecular flexibility index (Phi) is 8.07. The standard InChI is InChI=1S/C23H31ClFN3O3S/c1-7-18(32(30,31)28-14-22(4)12-23(5,25)13-22)10-20(26-6)21(29)11-27-17-8-15(2)16(3)19(24)9-17/h7-11,26,28H,12-14H2,1-6H3/b18-7+,20-10-,27-11?. The van der Waals surface area contributed by atoms with Crippen molar-refractivity contribution in [2.75, 3.05) is 13.6 Å². The number of nitrogens with one attached hydrogen (secondary N) is 2. The summed E-state index contributed by atoms with van der Waals surface area (Å²) in [6.07, 6.45) is 4.36. The molecule has 0 saturated heterocycles. The van der Waals surface area contributed by atoms with E-state index >= 15 is 0 Å². The Morgan fingerprint density at radius 1 is 1.28 bits per heavy atom. The van der Waals surface area contributed by atoms with Gasteiger partial charge in [-0.1, -0.05) is 24.6 Å². The van der Waals surface area contributed by atoms with E-state index in [4.69, 9.17) is 11.6 Å². The Hall–Kier alpha value is -2.03. The number of hydrogen-bond donors (Lipinski definition) is 2. The van der Waals surface area contributed by atoms with Gasteiger partial charge in [-0.2, -0.15) is 0 Å². The number of alkyl halides is 1. The highest BCUT2D eigenvalue weighted by Gasteiger charge is 2.49. The predicted molar refractivity (Wildman–Crippen MR) is 129 cm³/mol. The molecule has 0 heterocycles. The molecule has 176 valence electrons. The molecule has 2 rings (SSSR count). The number of hydrogen-bond acceptors (Lipinski definition) is 5. The van der Waals surface area contributed by atoms with Gasteiger partial charge in [0.15, 0.2) is 0 Å². The van der Waals surface area contributed by atoms with Crippen LogP contribution in [0, 0.1) is 19.3 Å². The second kappa shape index (κ2) is 9.85. The van der Waals surface area contributed by atoms with Crippen LogP contribution in [-0.4, -0.2) is 39.7 Å². The Morgan fingerprint density at radius 2 is 1.91 bits per heavy atom. The molecule has 0 aromatic heterocycles. The summed E-state index contributed by atoms with van der Waals surface area (Å²) in [5, 5.41) is 3.28. The Morgan fingerprint density at radius 3 is 2.41 bits per heavy atom. The summed E-state index contributed by atoms with van der Waals surface area (Å²) in [4.78, 5) is 16.7. The molecule has 0 aliphatic heterocycles. The lowest BCUT2D eigenvalue weighted by Gasteiger charge is -2.48. The van der Waals surface area contributed by atoms with Crippen molar-refractivity contribution in [2.24, 2.45) is 10.4 Å². The lowest BCUT2D eigenvalue weighted by atomic mass is 9.62. The van der Waals surface area contributed by atoms with Crippen molar-refractivity contribution < 1.29 is 17.6 Å². The molecule has 1 aromatic carbocycles. The molecule has 32 heavy (non-hydrogen) atoms. The second-order valence-corrected chi connectivity index (χ2v) is 11.1. The topological polar surface area (TPSA) is 87.6 Å². The number of benzene rings is 1. The second-order valence-electron chi connectivity index (χ2n) is 8.89. The Bertz CT molecular complexity index is 1060. The summed E-state index contributed by atoms with van der Waals surface area (Å²) in [7, 11) is -2.36. The maximum atomic E-state index is 13.8. The van der Waals surface area contributed by atoms with Crippen LogP contribution >= 0.6 is 11.6 Å². The van der Waals surface area contributed by atoms with Crippen LogP contribution in [0.3, 0.4) is 0 Å². The van der Waals surface area contributed by atoms with Crippen molar-refractivity contribution in [3.05, 3.63) is 51.0 Å². The summed E-state index contributed by atoms with van der Waals surface area (Å²) in [6, 6.07) is 3.47. The first-order chi connectivity index (χ1) is 14.7. The van der Waals surface area contributed by atoms with E-state index in [1.807, 2.05) is 26.8 Å². The molecule has 1 aromatic rings.